The summed E-state index contributed by atoms with van der Waals surface area (Å²) in [5.74, 6) is 0.192. The number of benzene rings is 2. The van der Waals surface area contributed by atoms with Crippen LogP contribution in [0.4, 0.5) is 0 Å². The van der Waals surface area contributed by atoms with Gasteiger partial charge >= 0.3 is 0 Å². The first-order chi connectivity index (χ1) is 10.7. The maximum Gasteiger partial charge on any atom is 0.0636 e. The van der Waals surface area contributed by atoms with Crippen molar-refractivity contribution >= 4 is 5.71 Å². The summed E-state index contributed by atoms with van der Waals surface area (Å²) in [5, 5.41) is 13.1. The van der Waals surface area contributed by atoms with Gasteiger partial charge in [-0.1, -0.05) is 72.7 Å². The summed E-state index contributed by atoms with van der Waals surface area (Å²) < 4.78 is 0. The van der Waals surface area contributed by atoms with Crippen molar-refractivity contribution in [3.63, 3.8) is 0 Å². The first kappa shape index (κ1) is 14.8. The van der Waals surface area contributed by atoms with Crippen LogP contribution in [0.25, 0.3) is 0 Å². The van der Waals surface area contributed by atoms with Crippen LogP contribution in [0.2, 0.25) is 0 Å². The van der Waals surface area contributed by atoms with Crippen LogP contribution >= 0.6 is 0 Å². The molecule has 1 fully saturated rings. The van der Waals surface area contributed by atoms with Crippen LogP contribution in [0.15, 0.2) is 65.8 Å². The Kier molecular flexibility index (Phi) is 4.25. The molecule has 3 atom stereocenters. The molecule has 0 aromatic heterocycles. The Bertz CT molecular complexity index is 639. The van der Waals surface area contributed by atoms with Gasteiger partial charge in [-0.05, 0) is 18.2 Å². The summed E-state index contributed by atoms with van der Waals surface area (Å²) >= 11 is 0. The smallest absolute Gasteiger partial charge is 0.0636 e. The van der Waals surface area contributed by atoms with E-state index < -0.39 is 0 Å². The lowest BCUT2D eigenvalue weighted by atomic mass is 9.80. The van der Waals surface area contributed by atoms with Gasteiger partial charge in [-0.3, -0.25) is 4.90 Å². The van der Waals surface area contributed by atoms with E-state index >= 15 is 0 Å². The van der Waals surface area contributed by atoms with Crippen LogP contribution < -0.4 is 0 Å². The molecular formula is C19H22N2O. The zero-order chi connectivity index (χ0) is 15.5. The van der Waals surface area contributed by atoms with E-state index in [-0.39, 0.29) is 18.0 Å². The van der Waals surface area contributed by atoms with Crippen LogP contribution in [0.1, 0.15) is 36.6 Å². The van der Waals surface area contributed by atoms with Gasteiger partial charge < -0.3 is 5.21 Å². The summed E-state index contributed by atoms with van der Waals surface area (Å²) in [6.45, 7) is 2.14. The topological polar surface area (TPSA) is 35.8 Å². The van der Waals surface area contributed by atoms with E-state index in [0.29, 0.717) is 0 Å². The average Bonchev–Trinajstić information content (AvgIpc) is 2.57. The first-order valence-corrected chi connectivity index (χ1v) is 7.75. The largest absolute Gasteiger partial charge is 0.411 e. The SMILES string of the molecule is C[C@H]1/C(=N\O)C[C@@H](c2ccccc2)N(C)[C@@H]1c1ccccc1. The van der Waals surface area contributed by atoms with Crippen LogP contribution in [0.5, 0.6) is 0 Å². The molecule has 0 amide bonds. The average molecular weight is 294 g/mol. The van der Waals surface area contributed by atoms with Gasteiger partial charge in [-0.25, -0.2) is 0 Å². The van der Waals surface area contributed by atoms with Crippen molar-refractivity contribution in [1.29, 1.82) is 0 Å². The standard InChI is InChI=1S/C19H22N2O/c1-14-17(20-22)13-18(15-9-5-3-6-10-15)21(2)19(14)16-11-7-4-8-12-16/h3-12,14,18-19,22H,13H2,1-2H3/b20-17-/t14-,18-,19-/m0/s1. The Labute approximate surface area is 131 Å². The molecule has 0 saturated carbocycles. The van der Waals surface area contributed by atoms with Crippen molar-refractivity contribution < 1.29 is 5.21 Å². The molecule has 0 aliphatic carbocycles. The van der Waals surface area contributed by atoms with Gasteiger partial charge in [-0.2, -0.15) is 0 Å². The molecule has 1 N–H and O–H groups in total. The van der Waals surface area contributed by atoms with Crippen molar-refractivity contribution in [2.75, 3.05) is 7.05 Å². The van der Waals surface area contributed by atoms with Crippen LogP contribution in [0, 0.1) is 5.92 Å². The molecule has 1 aliphatic heterocycles. The maximum absolute atomic E-state index is 9.45. The van der Waals surface area contributed by atoms with Crippen LogP contribution in [-0.2, 0) is 0 Å². The van der Waals surface area contributed by atoms with E-state index in [1.54, 1.807) is 0 Å². The molecule has 0 radical (unpaired) electrons. The lowest BCUT2D eigenvalue weighted by molar-refractivity contribution is 0.128. The molecule has 3 rings (SSSR count). The first-order valence-electron chi connectivity index (χ1n) is 7.75. The minimum absolute atomic E-state index is 0.192. The van der Waals surface area contributed by atoms with Crippen molar-refractivity contribution in [1.82, 2.24) is 4.90 Å². The molecular weight excluding hydrogens is 272 g/mol. The molecule has 3 heteroatoms. The summed E-state index contributed by atoms with van der Waals surface area (Å²) in [6.07, 6.45) is 0.765. The Hall–Kier alpha value is -2.13. The van der Waals surface area contributed by atoms with E-state index in [1.165, 1.54) is 11.1 Å². The van der Waals surface area contributed by atoms with Crippen molar-refractivity contribution in [2.45, 2.75) is 25.4 Å². The third-order valence-electron chi connectivity index (χ3n) is 4.79. The number of hydrogen-bond acceptors (Lipinski definition) is 3. The predicted molar refractivity (Wildman–Crippen MR) is 89.1 cm³/mol. The fraction of sp³-hybridized carbons (Fsp3) is 0.316. The second-order valence-corrected chi connectivity index (χ2v) is 6.03. The minimum Gasteiger partial charge on any atom is -0.411 e. The Morgan fingerprint density at radius 3 is 2.05 bits per heavy atom. The fourth-order valence-corrected chi connectivity index (χ4v) is 3.59. The normalized spacial score (nSPS) is 27.9. The van der Waals surface area contributed by atoms with Crippen molar-refractivity contribution in [3.8, 4) is 0 Å². The highest BCUT2D eigenvalue weighted by Crippen LogP contribution is 2.42. The summed E-state index contributed by atoms with van der Waals surface area (Å²) in [4.78, 5) is 2.41. The Morgan fingerprint density at radius 1 is 0.955 bits per heavy atom. The molecule has 0 unspecified atom stereocenters. The fourth-order valence-electron chi connectivity index (χ4n) is 3.59. The molecule has 1 saturated heterocycles. The number of piperidine rings is 1. The Balaban J connectivity index is 2.01. The van der Waals surface area contributed by atoms with Gasteiger partial charge in [0.2, 0.25) is 0 Å². The van der Waals surface area contributed by atoms with E-state index in [9.17, 15) is 5.21 Å². The zero-order valence-corrected chi connectivity index (χ0v) is 13.1. The molecule has 3 nitrogen and oxygen atoms in total. The highest BCUT2D eigenvalue weighted by molar-refractivity contribution is 5.88. The van der Waals surface area contributed by atoms with Gasteiger partial charge in [0.1, 0.15) is 0 Å². The van der Waals surface area contributed by atoms with Gasteiger partial charge in [0, 0.05) is 24.4 Å². The van der Waals surface area contributed by atoms with E-state index in [4.69, 9.17) is 0 Å². The van der Waals surface area contributed by atoms with E-state index in [1.807, 2.05) is 12.1 Å². The van der Waals surface area contributed by atoms with Crippen LogP contribution in [0.3, 0.4) is 0 Å². The molecule has 2 aromatic rings. The second kappa shape index (κ2) is 6.32. The molecule has 0 spiro atoms. The summed E-state index contributed by atoms with van der Waals surface area (Å²) in [7, 11) is 2.17. The van der Waals surface area contributed by atoms with Crippen molar-refractivity contribution in [2.24, 2.45) is 11.1 Å². The molecule has 22 heavy (non-hydrogen) atoms. The van der Waals surface area contributed by atoms with Gasteiger partial charge in [0.05, 0.1) is 5.71 Å². The molecule has 0 bridgehead atoms. The number of likely N-dealkylation sites (tertiary alicyclic amines) is 1. The number of oxime groups is 1. The van der Waals surface area contributed by atoms with E-state index in [2.05, 4.69) is 72.6 Å². The highest BCUT2D eigenvalue weighted by atomic mass is 16.4. The molecule has 2 aromatic carbocycles. The molecule has 114 valence electrons. The third-order valence-corrected chi connectivity index (χ3v) is 4.79. The lowest BCUT2D eigenvalue weighted by Gasteiger charge is -2.44. The number of hydrogen-bond donors (Lipinski definition) is 1. The third kappa shape index (κ3) is 2.64. The number of rotatable bonds is 2. The molecule has 1 aliphatic rings. The number of nitrogens with zero attached hydrogens (tertiary/aromatic N) is 2. The van der Waals surface area contributed by atoms with Gasteiger partial charge in [-0.15, -0.1) is 0 Å². The zero-order valence-electron chi connectivity index (χ0n) is 13.1. The summed E-state index contributed by atoms with van der Waals surface area (Å²) in [6, 6.07) is 21.4. The molecule has 1 heterocycles. The quantitative estimate of drug-likeness (QED) is 0.663. The van der Waals surface area contributed by atoms with Gasteiger partial charge in [0.15, 0.2) is 0 Å². The lowest BCUT2D eigenvalue weighted by Crippen LogP contribution is -2.42. The summed E-state index contributed by atoms with van der Waals surface area (Å²) in [5.41, 5.74) is 3.40. The minimum atomic E-state index is 0.192. The Morgan fingerprint density at radius 2 is 1.50 bits per heavy atom. The predicted octanol–water partition coefficient (Wildman–Crippen LogP) is 4.27. The monoisotopic (exact) mass is 294 g/mol. The maximum atomic E-state index is 9.45. The second-order valence-electron chi connectivity index (χ2n) is 6.03. The van der Waals surface area contributed by atoms with Crippen molar-refractivity contribution in [3.05, 3.63) is 71.8 Å². The highest BCUT2D eigenvalue weighted by Gasteiger charge is 2.38. The van der Waals surface area contributed by atoms with Crippen LogP contribution in [-0.4, -0.2) is 22.9 Å². The van der Waals surface area contributed by atoms with E-state index in [0.717, 1.165) is 12.1 Å². The van der Waals surface area contributed by atoms with Gasteiger partial charge in [0.25, 0.3) is 0 Å².